The number of anilines is 1. The van der Waals surface area contributed by atoms with Gasteiger partial charge in [-0.3, -0.25) is 0 Å². The number of aryl methyl sites for hydroxylation is 1. The van der Waals surface area contributed by atoms with Crippen LogP contribution < -0.4 is 5.73 Å². The fraction of sp³-hybridized carbons (Fsp3) is 0.0588. The van der Waals surface area contributed by atoms with Crippen LogP contribution in [0.1, 0.15) is 5.56 Å². The van der Waals surface area contributed by atoms with E-state index in [4.69, 9.17) is 28.9 Å². The number of rotatable bonds is 3. The molecule has 3 rings (SSSR count). The molecule has 0 atom stereocenters. The number of hydrogen-bond acceptors (Lipinski definition) is 5. The van der Waals surface area contributed by atoms with Crippen LogP contribution >= 0.6 is 23.2 Å². The second kappa shape index (κ2) is 6.95. The third-order valence-electron chi connectivity index (χ3n) is 3.23. The van der Waals surface area contributed by atoms with Crippen LogP contribution in [0, 0.1) is 6.92 Å². The monoisotopic (exact) mass is 357 g/mol. The predicted molar refractivity (Wildman–Crippen MR) is 97.3 cm³/mol. The fourth-order valence-electron chi connectivity index (χ4n) is 2.09. The van der Waals surface area contributed by atoms with Crippen molar-refractivity contribution < 1.29 is 0 Å². The van der Waals surface area contributed by atoms with Crippen LogP contribution in [-0.4, -0.2) is 9.97 Å². The second-order valence-electron chi connectivity index (χ2n) is 5.16. The van der Waals surface area contributed by atoms with E-state index in [2.05, 4.69) is 20.2 Å². The maximum atomic E-state index is 5.97. The summed E-state index contributed by atoms with van der Waals surface area (Å²) in [6.45, 7) is 2.02. The fourth-order valence-corrected chi connectivity index (χ4v) is 2.61. The van der Waals surface area contributed by atoms with Gasteiger partial charge in [-0.2, -0.15) is 5.11 Å². The quantitative estimate of drug-likeness (QED) is 0.605. The summed E-state index contributed by atoms with van der Waals surface area (Å²) in [5.74, 6) is 0.176. The van der Waals surface area contributed by atoms with Gasteiger partial charge in [0.05, 0.1) is 11.9 Å². The molecule has 0 bridgehead atoms. The van der Waals surface area contributed by atoms with Gasteiger partial charge >= 0.3 is 0 Å². The third-order valence-corrected chi connectivity index (χ3v) is 3.67. The summed E-state index contributed by atoms with van der Waals surface area (Å²) in [6.07, 6.45) is 1.53. The topological polar surface area (TPSA) is 76.5 Å². The first-order valence-corrected chi connectivity index (χ1v) is 7.84. The molecule has 24 heavy (non-hydrogen) atoms. The first-order chi connectivity index (χ1) is 11.5. The Morgan fingerprint density at radius 3 is 2.29 bits per heavy atom. The van der Waals surface area contributed by atoms with E-state index in [0.717, 1.165) is 11.1 Å². The van der Waals surface area contributed by atoms with Gasteiger partial charge in [-0.25, -0.2) is 9.97 Å². The van der Waals surface area contributed by atoms with Crippen LogP contribution in [0.2, 0.25) is 10.0 Å². The number of azo groups is 1. The summed E-state index contributed by atoms with van der Waals surface area (Å²) in [5.41, 5.74) is 9.40. The summed E-state index contributed by atoms with van der Waals surface area (Å²) >= 11 is 11.9. The molecule has 0 saturated heterocycles. The number of hydrogen-bond donors (Lipinski definition) is 1. The lowest BCUT2D eigenvalue weighted by Crippen LogP contribution is -1.96. The van der Waals surface area contributed by atoms with Gasteiger partial charge in [-0.15, -0.1) is 5.11 Å². The largest absolute Gasteiger partial charge is 0.368 e. The minimum Gasteiger partial charge on any atom is -0.368 e. The third kappa shape index (κ3) is 3.88. The van der Waals surface area contributed by atoms with Crippen molar-refractivity contribution in [3.05, 3.63) is 64.3 Å². The zero-order valence-corrected chi connectivity index (χ0v) is 14.3. The van der Waals surface area contributed by atoms with Gasteiger partial charge in [0.1, 0.15) is 11.4 Å². The van der Waals surface area contributed by atoms with Crippen molar-refractivity contribution in [2.24, 2.45) is 10.2 Å². The highest BCUT2D eigenvalue weighted by molar-refractivity contribution is 6.35. The van der Waals surface area contributed by atoms with Crippen molar-refractivity contribution in [1.82, 2.24) is 9.97 Å². The Balaban J connectivity index is 2.01. The van der Waals surface area contributed by atoms with Crippen LogP contribution in [0.4, 0.5) is 17.3 Å². The van der Waals surface area contributed by atoms with E-state index in [9.17, 15) is 0 Å². The van der Waals surface area contributed by atoms with E-state index in [1.807, 2.05) is 31.2 Å². The van der Waals surface area contributed by atoms with Gasteiger partial charge in [0.2, 0.25) is 5.95 Å². The summed E-state index contributed by atoms with van der Waals surface area (Å²) in [5, 5.41) is 9.37. The smallest absolute Gasteiger partial charge is 0.220 e. The number of halogens is 2. The van der Waals surface area contributed by atoms with Gasteiger partial charge < -0.3 is 5.73 Å². The Bertz CT molecular complexity index is 887. The molecule has 5 nitrogen and oxygen atoms in total. The summed E-state index contributed by atoms with van der Waals surface area (Å²) in [6, 6.07) is 12.9. The van der Waals surface area contributed by atoms with E-state index in [0.29, 0.717) is 27.1 Å². The molecule has 0 unspecified atom stereocenters. The number of benzene rings is 2. The number of nitrogens with two attached hydrogens (primary N) is 1. The predicted octanol–water partition coefficient (Wildman–Crippen LogP) is 5.76. The summed E-state index contributed by atoms with van der Waals surface area (Å²) in [7, 11) is 0. The Hall–Kier alpha value is -2.50. The van der Waals surface area contributed by atoms with Crippen molar-refractivity contribution in [3.8, 4) is 11.3 Å². The van der Waals surface area contributed by atoms with E-state index < -0.39 is 0 Å². The maximum Gasteiger partial charge on any atom is 0.220 e. The van der Waals surface area contributed by atoms with Crippen LogP contribution in [0.25, 0.3) is 11.3 Å². The van der Waals surface area contributed by atoms with Crippen molar-refractivity contribution in [3.63, 3.8) is 0 Å². The number of nitrogens with zero attached hydrogens (tertiary/aromatic N) is 4. The van der Waals surface area contributed by atoms with E-state index >= 15 is 0 Å². The number of aromatic nitrogens is 2. The standard InChI is InChI=1S/C17H13Cl2N5/c1-10-2-4-11(5-3-10)16-15(9-21-17(20)22-16)24-23-14-7-12(18)6-13(19)8-14/h2-9H,1H3,(H2,20,21,22). The molecule has 2 aromatic carbocycles. The van der Waals surface area contributed by atoms with Gasteiger partial charge in [0.15, 0.2) is 0 Å². The molecule has 0 saturated carbocycles. The number of nitrogen functional groups attached to an aromatic ring is 1. The highest BCUT2D eigenvalue weighted by atomic mass is 35.5. The van der Waals surface area contributed by atoms with E-state index in [-0.39, 0.29) is 5.95 Å². The van der Waals surface area contributed by atoms with Crippen LogP contribution in [0.3, 0.4) is 0 Å². The Labute approximate surface area is 149 Å². The van der Waals surface area contributed by atoms with Crippen molar-refractivity contribution in [2.45, 2.75) is 6.92 Å². The second-order valence-corrected chi connectivity index (χ2v) is 6.03. The van der Waals surface area contributed by atoms with Gasteiger partial charge in [0.25, 0.3) is 0 Å². The first kappa shape index (κ1) is 16.4. The minimum atomic E-state index is 0.176. The molecule has 0 aliphatic rings. The lowest BCUT2D eigenvalue weighted by atomic mass is 10.1. The molecule has 1 heterocycles. The summed E-state index contributed by atoms with van der Waals surface area (Å²) < 4.78 is 0. The van der Waals surface area contributed by atoms with Crippen LogP contribution in [0.5, 0.6) is 0 Å². The molecular weight excluding hydrogens is 345 g/mol. The molecule has 0 aliphatic carbocycles. The van der Waals surface area contributed by atoms with Gasteiger partial charge in [-0.1, -0.05) is 53.0 Å². The van der Waals surface area contributed by atoms with E-state index in [1.165, 1.54) is 6.20 Å². The van der Waals surface area contributed by atoms with Gasteiger partial charge in [0, 0.05) is 15.6 Å². The molecule has 0 fully saturated rings. The van der Waals surface area contributed by atoms with Crippen LogP contribution in [-0.2, 0) is 0 Å². The maximum absolute atomic E-state index is 5.97. The molecule has 0 spiro atoms. The highest BCUT2D eigenvalue weighted by Gasteiger charge is 2.08. The van der Waals surface area contributed by atoms with Gasteiger partial charge in [-0.05, 0) is 25.1 Å². The van der Waals surface area contributed by atoms with Crippen molar-refractivity contribution >= 4 is 40.5 Å². The zero-order valence-electron chi connectivity index (χ0n) is 12.7. The molecule has 2 N–H and O–H groups in total. The molecular formula is C17H13Cl2N5. The molecule has 120 valence electrons. The van der Waals surface area contributed by atoms with E-state index in [1.54, 1.807) is 18.2 Å². The molecule has 0 radical (unpaired) electrons. The Morgan fingerprint density at radius 2 is 1.62 bits per heavy atom. The molecule has 7 heteroatoms. The lowest BCUT2D eigenvalue weighted by molar-refractivity contribution is 1.14. The van der Waals surface area contributed by atoms with Crippen LogP contribution in [0.15, 0.2) is 58.9 Å². The van der Waals surface area contributed by atoms with Crippen molar-refractivity contribution in [1.29, 1.82) is 0 Å². The normalized spacial score (nSPS) is 11.1. The summed E-state index contributed by atoms with van der Waals surface area (Å²) in [4.78, 5) is 8.27. The lowest BCUT2D eigenvalue weighted by Gasteiger charge is -2.05. The Kier molecular flexibility index (Phi) is 4.74. The Morgan fingerprint density at radius 1 is 0.958 bits per heavy atom. The molecule has 3 aromatic rings. The molecule has 0 amide bonds. The average molecular weight is 358 g/mol. The van der Waals surface area contributed by atoms with Crippen molar-refractivity contribution in [2.75, 3.05) is 5.73 Å². The first-order valence-electron chi connectivity index (χ1n) is 7.08. The SMILES string of the molecule is Cc1ccc(-c2nc(N)ncc2N=Nc2cc(Cl)cc(Cl)c2)cc1. The zero-order chi connectivity index (χ0) is 17.1. The minimum absolute atomic E-state index is 0.176. The molecule has 1 aromatic heterocycles. The molecule has 0 aliphatic heterocycles. The average Bonchev–Trinajstić information content (AvgIpc) is 2.53. The highest BCUT2D eigenvalue weighted by Crippen LogP contribution is 2.31.